The second-order valence-corrected chi connectivity index (χ2v) is 2.10. The molecule has 2 nitrogen and oxygen atoms in total. The van der Waals surface area contributed by atoms with Crippen LogP contribution < -0.4 is 0 Å². The van der Waals surface area contributed by atoms with Crippen molar-refractivity contribution in [2.45, 2.75) is 12.3 Å². The number of rotatable bonds is 2. The highest BCUT2D eigenvalue weighted by molar-refractivity contribution is 6.24. The van der Waals surface area contributed by atoms with Crippen molar-refractivity contribution in [3.63, 3.8) is 0 Å². The molecule has 0 aliphatic rings. The Morgan fingerprint density at radius 3 is 2.25 bits per heavy atom. The molecule has 8 heavy (non-hydrogen) atoms. The minimum absolute atomic E-state index is 0.0340. The summed E-state index contributed by atoms with van der Waals surface area (Å²) >= 11 is 5.34. The van der Waals surface area contributed by atoms with Crippen molar-refractivity contribution in [1.82, 2.24) is 0 Å². The Bertz CT molecular complexity index is 118. The van der Waals surface area contributed by atoms with Crippen LogP contribution in [0, 0.1) is 0 Å². The van der Waals surface area contributed by atoms with Gasteiger partial charge in [-0.2, -0.15) is 0 Å². The predicted molar refractivity (Wildman–Crippen MR) is 32.1 cm³/mol. The topological polar surface area (TPSA) is 37.3 Å². The van der Waals surface area contributed by atoms with Gasteiger partial charge in [0.15, 0.2) is 0 Å². The van der Waals surface area contributed by atoms with E-state index in [0.717, 1.165) is 0 Å². The van der Waals surface area contributed by atoms with Gasteiger partial charge in [-0.25, -0.2) is 4.79 Å². The molecular weight excluding hydrogens is 128 g/mol. The Balaban J connectivity index is 3.84. The van der Waals surface area contributed by atoms with Gasteiger partial charge >= 0.3 is 5.97 Å². The second kappa shape index (κ2) is 2.72. The Kier molecular flexibility index (Phi) is 2.55. The molecule has 0 radical (unpaired) electrons. The van der Waals surface area contributed by atoms with Gasteiger partial charge in [0.2, 0.25) is 0 Å². The van der Waals surface area contributed by atoms with E-state index < -0.39 is 11.3 Å². The summed E-state index contributed by atoms with van der Waals surface area (Å²) in [6.45, 7) is 4.79. The molecule has 0 saturated carbocycles. The molecule has 0 aliphatic heterocycles. The normalized spacial score (nSPS) is 12.8. The molecule has 1 unspecified atom stereocenters. The molecule has 0 rings (SSSR count). The maximum atomic E-state index is 9.96. The van der Waals surface area contributed by atoms with Crippen molar-refractivity contribution in [3.8, 4) is 0 Å². The van der Waals surface area contributed by atoms with Crippen LogP contribution in [-0.2, 0) is 4.79 Å². The SMILES string of the molecule is C=C(C(=O)O)C(C)Cl. The zero-order chi connectivity index (χ0) is 6.73. The van der Waals surface area contributed by atoms with Gasteiger partial charge in [-0.05, 0) is 6.92 Å². The summed E-state index contributed by atoms with van der Waals surface area (Å²) in [5.74, 6) is -1.03. The van der Waals surface area contributed by atoms with Gasteiger partial charge in [0, 0.05) is 5.57 Å². The molecule has 0 fully saturated rings. The van der Waals surface area contributed by atoms with Crippen LogP contribution in [0.15, 0.2) is 12.2 Å². The average Bonchev–Trinajstić information content (AvgIpc) is 1.64. The maximum absolute atomic E-state index is 9.96. The van der Waals surface area contributed by atoms with Gasteiger partial charge < -0.3 is 5.11 Å². The average molecular weight is 135 g/mol. The van der Waals surface area contributed by atoms with Crippen LogP contribution in [0.25, 0.3) is 0 Å². The summed E-state index contributed by atoms with van der Waals surface area (Å²) in [5, 5.41) is 7.69. The van der Waals surface area contributed by atoms with E-state index >= 15 is 0 Å². The lowest BCUT2D eigenvalue weighted by molar-refractivity contribution is -0.132. The Morgan fingerprint density at radius 2 is 2.25 bits per heavy atom. The Hall–Kier alpha value is -0.500. The number of carboxylic acid groups (broad SMARTS) is 1. The highest BCUT2D eigenvalue weighted by Gasteiger charge is 2.08. The van der Waals surface area contributed by atoms with E-state index in [1.165, 1.54) is 0 Å². The minimum Gasteiger partial charge on any atom is -0.478 e. The van der Waals surface area contributed by atoms with Crippen molar-refractivity contribution in [1.29, 1.82) is 0 Å². The molecule has 3 heteroatoms. The Labute approximate surface area is 52.8 Å². The molecular formula is C5H7ClO2. The second-order valence-electron chi connectivity index (χ2n) is 1.45. The fraction of sp³-hybridized carbons (Fsp3) is 0.400. The summed E-state index contributed by atoms with van der Waals surface area (Å²) in [7, 11) is 0. The number of hydrogen-bond donors (Lipinski definition) is 1. The first kappa shape index (κ1) is 7.50. The van der Waals surface area contributed by atoms with E-state index in [9.17, 15) is 4.79 Å². The van der Waals surface area contributed by atoms with Gasteiger partial charge in [-0.3, -0.25) is 0 Å². The van der Waals surface area contributed by atoms with Gasteiger partial charge in [0.25, 0.3) is 0 Å². The fourth-order valence-corrected chi connectivity index (χ4v) is 0.263. The number of halogens is 1. The van der Waals surface area contributed by atoms with Crippen LogP contribution in [0.2, 0.25) is 0 Å². The molecule has 0 amide bonds. The zero-order valence-corrected chi connectivity index (χ0v) is 5.27. The molecule has 1 N–H and O–H groups in total. The van der Waals surface area contributed by atoms with Gasteiger partial charge in [-0.15, -0.1) is 11.6 Å². The molecule has 0 aromatic carbocycles. The van der Waals surface area contributed by atoms with Crippen LogP contribution in [0.4, 0.5) is 0 Å². The van der Waals surface area contributed by atoms with E-state index in [2.05, 4.69) is 6.58 Å². The third-order valence-corrected chi connectivity index (χ3v) is 1.02. The van der Waals surface area contributed by atoms with Crippen LogP contribution in [0.5, 0.6) is 0 Å². The van der Waals surface area contributed by atoms with Crippen molar-refractivity contribution in [2.24, 2.45) is 0 Å². The molecule has 0 aromatic heterocycles. The van der Waals surface area contributed by atoms with E-state index in [4.69, 9.17) is 16.7 Å². The molecule has 0 aliphatic carbocycles. The van der Waals surface area contributed by atoms with Crippen LogP contribution in [0.3, 0.4) is 0 Å². The first-order chi connectivity index (χ1) is 3.55. The third kappa shape index (κ3) is 1.98. The number of hydrogen-bond acceptors (Lipinski definition) is 1. The van der Waals surface area contributed by atoms with Gasteiger partial charge in [-0.1, -0.05) is 6.58 Å². The molecule has 0 spiro atoms. The molecule has 0 saturated heterocycles. The molecule has 0 aromatic rings. The van der Waals surface area contributed by atoms with Gasteiger partial charge in [0.1, 0.15) is 0 Å². The smallest absolute Gasteiger partial charge is 0.332 e. The van der Waals surface area contributed by atoms with Gasteiger partial charge in [0.05, 0.1) is 5.38 Å². The molecule has 1 atom stereocenters. The predicted octanol–water partition coefficient (Wildman–Crippen LogP) is 1.25. The first-order valence-electron chi connectivity index (χ1n) is 2.12. The lowest BCUT2D eigenvalue weighted by atomic mass is 10.2. The van der Waals surface area contributed by atoms with Crippen molar-refractivity contribution in [3.05, 3.63) is 12.2 Å². The van der Waals surface area contributed by atoms with Crippen molar-refractivity contribution >= 4 is 17.6 Å². The Morgan fingerprint density at radius 1 is 1.88 bits per heavy atom. The number of carboxylic acids is 1. The fourth-order valence-electron chi connectivity index (χ4n) is 0.170. The lowest BCUT2D eigenvalue weighted by Crippen LogP contribution is -2.06. The van der Waals surface area contributed by atoms with E-state index in [1.54, 1.807) is 6.92 Å². The third-order valence-electron chi connectivity index (χ3n) is 0.755. The van der Waals surface area contributed by atoms with Crippen LogP contribution in [-0.4, -0.2) is 16.5 Å². The van der Waals surface area contributed by atoms with E-state index in [-0.39, 0.29) is 5.57 Å². The van der Waals surface area contributed by atoms with E-state index in [1.807, 2.05) is 0 Å². The summed E-state index contributed by atoms with van der Waals surface area (Å²) in [6.07, 6.45) is 0. The summed E-state index contributed by atoms with van der Waals surface area (Å²) in [5.41, 5.74) is 0.0340. The van der Waals surface area contributed by atoms with Crippen molar-refractivity contribution in [2.75, 3.05) is 0 Å². The lowest BCUT2D eigenvalue weighted by Gasteiger charge is -1.97. The summed E-state index contributed by atoms with van der Waals surface area (Å²) in [4.78, 5) is 9.96. The number of carbonyl (C=O) groups is 1. The van der Waals surface area contributed by atoms with Crippen molar-refractivity contribution < 1.29 is 9.90 Å². The maximum Gasteiger partial charge on any atom is 0.332 e. The largest absolute Gasteiger partial charge is 0.478 e. The summed E-state index contributed by atoms with van der Waals surface area (Å²) < 4.78 is 0. The first-order valence-corrected chi connectivity index (χ1v) is 2.55. The highest BCUT2D eigenvalue weighted by atomic mass is 35.5. The number of alkyl halides is 1. The zero-order valence-electron chi connectivity index (χ0n) is 4.52. The molecule has 46 valence electrons. The minimum atomic E-state index is -1.03. The van der Waals surface area contributed by atoms with E-state index in [0.29, 0.717) is 0 Å². The number of aliphatic carboxylic acids is 1. The molecule has 0 heterocycles. The van der Waals surface area contributed by atoms with Crippen LogP contribution in [0.1, 0.15) is 6.92 Å². The van der Waals surface area contributed by atoms with Crippen LogP contribution >= 0.6 is 11.6 Å². The monoisotopic (exact) mass is 134 g/mol. The highest BCUT2D eigenvalue weighted by Crippen LogP contribution is 2.05. The molecule has 0 bridgehead atoms. The standard InChI is InChI=1S/C5H7ClO2/c1-3(4(2)6)5(7)8/h4H,1H2,2H3,(H,7,8). The quantitative estimate of drug-likeness (QED) is 0.456. The summed E-state index contributed by atoms with van der Waals surface area (Å²) in [6, 6.07) is 0.